The molecule has 0 radical (unpaired) electrons. The molecular formula is C14H9Cl2N. The topological polar surface area (TPSA) is 15.8 Å². The van der Waals surface area contributed by atoms with Crippen molar-refractivity contribution in [3.05, 3.63) is 58.7 Å². The molecule has 3 aromatic rings. The summed E-state index contributed by atoms with van der Waals surface area (Å²) in [5, 5.41) is 2.33. The zero-order chi connectivity index (χ0) is 11.8. The van der Waals surface area contributed by atoms with Gasteiger partial charge in [-0.3, -0.25) is 0 Å². The van der Waals surface area contributed by atoms with Crippen molar-refractivity contribution in [1.29, 1.82) is 0 Å². The highest BCUT2D eigenvalue weighted by atomic mass is 35.5. The molecule has 1 heterocycles. The molecule has 2 aromatic carbocycles. The number of aromatic nitrogens is 1. The van der Waals surface area contributed by atoms with Crippen LogP contribution in [0, 0.1) is 0 Å². The highest BCUT2D eigenvalue weighted by Crippen LogP contribution is 2.35. The van der Waals surface area contributed by atoms with E-state index in [9.17, 15) is 0 Å². The first kappa shape index (κ1) is 10.7. The van der Waals surface area contributed by atoms with E-state index in [1.54, 1.807) is 6.07 Å². The van der Waals surface area contributed by atoms with Gasteiger partial charge in [0.1, 0.15) is 0 Å². The quantitative estimate of drug-likeness (QED) is 0.624. The first-order valence-corrected chi connectivity index (χ1v) is 6.03. The van der Waals surface area contributed by atoms with Crippen LogP contribution in [0.2, 0.25) is 10.0 Å². The van der Waals surface area contributed by atoms with Gasteiger partial charge < -0.3 is 4.98 Å². The van der Waals surface area contributed by atoms with Crippen molar-refractivity contribution < 1.29 is 0 Å². The molecular weight excluding hydrogens is 253 g/mol. The Morgan fingerprint density at radius 1 is 0.941 bits per heavy atom. The van der Waals surface area contributed by atoms with Gasteiger partial charge in [-0.1, -0.05) is 53.5 Å². The Kier molecular flexibility index (Phi) is 2.58. The normalized spacial score (nSPS) is 10.9. The van der Waals surface area contributed by atoms with Gasteiger partial charge in [-0.25, -0.2) is 0 Å². The number of fused-ring (bicyclic) bond motifs is 1. The van der Waals surface area contributed by atoms with Gasteiger partial charge in [-0.2, -0.15) is 0 Å². The lowest BCUT2D eigenvalue weighted by Gasteiger charge is -2.01. The molecule has 0 aliphatic rings. The molecule has 1 aromatic heterocycles. The van der Waals surface area contributed by atoms with Crippen LogP contribution >= 0.6 is 23.2 Å². The van der Waals surface area contributed by atoms with Crippen LogP contribution < -0.4 is 0 Å². The molecule has 3 heteroatoms. The second kappa shape index (κ2) is 4.10. The first-order valence-electron chi connectivity index (χ1n) is 5.27. The van der Waals surface area contributed by atoms with Gasteiger partial charge in [-0.15, -0.1) is 0 Å². The predicted octanol–water partition coefficient (Wildman–Crippen LogP) is 5.14. The summed E-state index contributed by atoms with van der Waals surface area (Å²) in [5.41, 5.74) is 3.20. The summed E-state index contributed by atoms with van der Waals surface area (Å²) in [7, 11) is 0. The van der Waals surface area contributed by atoms with Crippen LogP contribution in [-0.2, 0) is 0 Å². The molecule has 3 rings (SSSR count). The number of hydrogen-bond acceptors (Lipinski definition) is 0. The first-order chi connectivity index (χ1) is 8.25. The van der Waals surface area contributed by atoms with Gasteiger partial charge in [0.15, 0.2) is 0 Å². The monoisotopic (exact) mass is 261 g/mol. The van der Waals surface area contributed by atoms with Crippen molar-refractivity contribution in [1.82, 2.24) is 4.98 Å². The van der Waals surface area contributed by atoms with E-state index in [0.29, 0.717) is 10.0 Å². The van der Waals surface area contributed by atoms with E-state index < -0.39 is 0 Å². The van der Waals surface area contributed by atoms with Gasteiger partial charge in [0.05, 0.1) is 5.02 Å². The van der Waals surface area contributed by atoms with Crippen LogP contribution in [0.15, 0.2) is 48.7 Å². The Labute approximate surface area is 109 Å². The predicted molar refractivity (Wildman–Crippen MR) is 73.8 cm³/mol. The fourth-order valence-electron chi connectivity index (χ4n) is 2.03. The molecule has 0 unspecified atom stereocenters. The van der Waals surface area contributed by atoms with Gasteiger partial charge in [0, 0.05) is 27.7 Å². The van der Waals surface area contributed by atoms with Crippen molar-refractivity contribution >= 4 is 34.1 Å². The zero-order valence-electron chi connectivity index (χ0n) is 8.87. The van der Waals surface area contributed by atoms with Gasteiger partial charge in [0.2, 0.25) is 0 Å². The largest absolute Gasteiger partial charge is 0.360 e. The molecule has 0 bridgehead atoms. The highest BCUT2D eigenvalue weighted by molar-refractivity contribution is 6.39. The molecule has 17 heavy (non-hydrogen) atoms. The van der Waals surface area contributed by atoms with E-state index >= 15 is 0 Å². The lowest BCUT2D eigenvalue weighted by atomic mass is 10.1. The number of hydrogen-bond donors (Lipinski definition) is 1. The van der Waals surface area contributed by atoms with Crippen molar-refractivity contribution in [2.45, 2.75) is 0 Å². The molecule has 84 valence electrons. The second-order valence-corrected chi connectivity index (χ2v) is 4.72. The lowest BCUT2D eigenvalue weighted by molar-refractivity contribution is 1.47. The fourth-order valence-corrected chi connectivity index (χ4v) is 2.62. The Bertz CT molecular complexity index is 671. The molecule has 0 spiro atoms. The number of benzene rings is 2. The van der Waals surface area contributed by atoms with E-state index in [-0.39, 0.29) is 0 Å². The van der Waals surface area contributed by atoms with Crippen LogP contribution in [0.1, 0.15) is 0 Å². The van der Waals surface area contributed by atoms with Crippen LogP contribution in [0.5, 0.6) is 0 Å². The maximum Gasteiger partial charge on any atom is 0.0520 e. The van der Waals surface area contributed by atoms with E-state index in [2.05, 4.69) is 17.1 Å². The fraction of sp³-hybridized carbons (Fsp3) is 0. The van der Waals surface area contributed by atoms with E-state index in [0.717, 1.165) is 22.0 Å². The Morgan fingerprint density at radius 2 is 1.71 bits per heavy atom. The molecule has 0 fully saturated rings. The van der Waals surface area contributed by atoms with E-state index in [1.807, 2.05) is 30.5 Å². The summed E-state index contributed by atoms with van der Waals surface area (Å²) in [6.07, 6.45) is 1.96. The summed E-state index contributed by atoms with van der Waals surface area (Å²) >= 11 is 12.2. The molecule has 0 saturated heterocycles. The van der Waals surface area contributed by atoms with Crippen LogP contribution in [0.3, 0.4) is 0 Å². The van der Waals surface area contributed by atoms with Crippen LogP contribution in [0.4, 0.5) is 0 Å². The maximum atomic E-state index is 6.25. The van der Waals surface area contributed by atoms with E-state index in [4.69, 9.17) is 23.2 Å². The standard InChI is InChI=1S/C14H9Cl2N/c15-10-6-12(16)14-11(8-17-13(14)7-10)9-4-2-1-3-5-9/h1-8,17H. The average Bonchev–Trinajstić information content (AvgIpc) is 2.74. The number of rotatable bonds is 1. The smallest absolute Gasteiger partial charge is 0.0520 e. The van der Waals surface area contributed by atoms with Crippen molar-refractivity contribution in [2.24, 2.45) is 0 Å². The number of H-pyrrole nitrogens is 1. The van der Waals surface area contributed by atoms with Crippen molar-refractivity contribution in [3.8, 4) is 11.1 Å². The maximum absolute atomic E-state index is 6.25. The molecule has 1 N–H and O–H groups in total. The minimum atomic E-state index is 0.643. The number of aromatic amines is 1. The molecule has 0 amide bonds. The van der Waals surface area contributed by atoms with E-state index in [1.165, 1.54) is 0 Å². The molecule has 1 nitrogen and oxygen atoms in total. The Morgan fingerprint density at radius 3 is 2.47 bits per heavy atom. The third-order valence-corrected chi connectivity index (χ3v) is 3.30. The highest BCUT2D eigenvalue weighted by Gasteiger charge is 2.10. The summed E-state index contributed by atoms with van der Waals surface area (Å²) in [6.45, 7) is 0. The van der Waals surface area contributed by atoms with Gasteiger partial charge in [0.25, 0.3) is 0 Å². The molecule has 0 aliphatic carbocycles. The minimum Gasteiger partial charge on any atom is -0.360 e. The van der Waals surface area contributed by atoms with Crippen molar-refractivity contribution in [2.75, 3.05) is 0 Å². The molecule has 0 atom stereocenters. The summed E-state index contributed by atoms with van der Waals surface area (Å²) in [4.78, 5) is 3.20. The SMILES string of the molecule is Clc1cc(Cl)c2c(-c3ccccc3)c[nH]c2c1. The van der Waals surface area contributed by atoms with Gasteiger partial charge in [-0.05, 0) is 17.7 Å². The summed E-state index contributed by atoms with van der Waals surface area (Å²) < 4.78 is 0. The molecule has 0 aliphatic heterocycles. The van der Waals surface area contributed by atoms with Gasteiger partial charge >= 0.3 is 0 Å². The Hall–Kier alpha value is -1.44. The number of halogens is 2. The molecule has 0 saturated carbocycles. The summed E-state index contributed by atoms with van der Waals surface area (Å²) in [6, 6.07) is 13.8. The third-order valence-electron chi connectivity index (χ3n) is 2.78. The average molecular weight is 262 g/mol. The lowest BCUT2D eigenvalue weighted by Crippen LogP contribution is -1.76. The second-order valence-electron chi connectivity index (χ2n) is 3.88. The third kappa shape index (κ3) is 1.82. The summed E-state index contributed by atoms with van der Waals surface area (Å²) in [5.74, 6) is 0. The number of nitrogens with one attached hydrogen (secondary N) is 1. The van der Waals surface area contributed by atoms with Crippen LogP contribution in [0.25, 0.3) is 22.0 Å². The van der Waals surface area contributed by atoms with Crippen LogP contribution in [-0.4, -0.2) is 4.98 Å². The Balaban J connectivity index is 2.32. The zero-order valence-corrected chi connectivity index (χ0v) is 10.4. The minimum absolute atomic E-state index is 0.643. The van der Waals surface area contributed by atoms with Crippen molar-refractivity contribution in [3.63, 3.8) is 0 Å².